The smallest absolute Gasteiger partial charge is 0.234 e. The number of fused-ring (bicyclic) bond motifs is 1. The molecule has 1 amide bonds. The average Bonchev–Trinajstić information content (AvgIpc) is 3.30. The fourth-order valence-electron chi connectivity index (χ4n) is 4.57. The van der Waals surface area contributed by atoms with Crippen molar-refractivity contribution in [3.8, 4) is 16.9 Å². The number of amides is 1. The van der Waals surface area contributed by atoms with Crippen LogP contribution >= 0.6 is 0 Å². The van der Waals surface area contributed by atoms with Gasteiger partial charge in [0, 0.05) is 11.3 Å². The number of ether oxygens (including phenoxy) is 1. The van der Waals surface area contributed by atoms with E-state index in [0.29, 0.717) is 17.3 Å². The molecule has 7 heteroatoms. The molecular weight excluding hydrogens is 428 g/mol. The predicted molar refractivity (Wildman–Crippen MR) is 131 cm³/mol. The number of carbonyl (C=O) groups is 1. The molecule has 1 aromatic heterocycles. The summed E-state index contributed by atoms with van der Waals surface area (Å²) in [7, 11) is 1.59. The van der Waals surface area contributed by atoms with Crippen LogP contribution in [0.3, 0.4) is 0 Å². The highest BCUT2D eigenvalue weighted by Gasteiger charge is 2.50. The summed E-state index contributed by atoms with van der Waals surface area (Å²) in [5.41, 5.74) is 1.74. The molecule has 0 aliphatic carbocycles. The van der Waals surface area contributed by atoms with Crippen molar-refractivity contribution < 1.29 is 14.6 Å². The lowest BCUT2D eigenvalue weighted by Crippen LogP contribution is -2.53. The molecule has 34 heavy (non-hydrogen) atoms. The van der Waals surface area contributed by atoms with Gasteiger partial charge in [-0.2, -0.15) is 5.10 Å². The highest BCUT2D eigenvalue weighted by Crippen LogP contribution is 2.46. The van der Waals surface area contributed by atoms with E-state index in [1.807, 2.05) is 60.7 Å². The van der Waals surface area contributed by atoms with E-state index in [1.165, 1.54) is 4.68 Å². The van der Waals surface area contributed by atoms with Gasteiger partial charge in [-0.1, -0.05) is 60.7 Å². The SMILES string of the molecule is COc1ccc(NC(=O)[C@@H]2[C@@H](c3ccccc3)Nc3c(-c4ccccc4)cnn3[C@]2(C)O)cc1. The zero-order chi connectivity index (χ0) is 23.7. The lowest BCUT2D eigenvalue weighted by molar-refractivity contribution is -0.143. The lowest BCUT2D eigenvalue weighted by atomic mass is 9.82. The molecule has 3 atom stereocenters. The van der Waals surface area contributed by atoms with Crippen LogP contribution in [0.5, 0.6) is 5.75 Å². The van der Waals surface area contributed by atoms with Gasteiger partial charge in [0.25, 0.3) is 0 Å². The van der Waals surface area contributed by atoms with Crippen molar-refractivity contribution in [2.45, 2.75) is 18.7 Å². The first-order chi connectivity index (χ1) is 16.5. The van der Waals surface area contributed by atoms with Crippen molar-refractivity contribution in [2.24, 2.45) is 5.92 Å². The third-order valence-electron chi connectivity index (χ3n) is 6.30. The highest BCUT2D eigenvalue weighted by atomic mass is 16.5. The summed E-state index contributed by atoms with van der Waals surface area (Å²) in [6.45, 7) is 1.63. The third-order valence-corrected chi connectivity index (χ3v) is 6.30. The Labute approximate surface area is 198 Å². The van der Waals surface area contributed by atoms with Crippen LogP contribution in [0.25, 0.3) is 11.1 Å². The summed E-state index contributed by atoms with van der Waals surface area (Å²) in [6, 6.07) is 26.2. The zero-order valence-electron chi connectivity index (χ0n) is 19.0. The van der Waals surface area contributed by atoms with Gasteiger partial charge in [0.1, 0.15) is 17.5 Å². The molecule has 2 heterocycles. The summed E-state index contributed by atoms with van der Waals surface area (Å²) in [4.78, 5) is 13.6. The second kappa shape index (κ2) is 8.68. The van der Waals surface area contributed by atoms with E-state index in [4.69, 9.17) is 4.74 Å². The molecule has 0 unspecified atom stereocenters. The van der Waals surface area contributed by atoms with Crippen LogP contribution in [0.2, 0.25) is 0 Å². The predicted octanol–water partition coefficient (Wildman–Crippen LogP) is 4.65. The van der Waals surface area contributed by atoms with E-state index in [9.17, 15) is 9.90 Å². The summed E-state index contributed by atoms with van der Waals surface area (Å²) < 4.78 is 6.71. The summed E-state index contributed by atoms with van der Waals surface area (Å²) in [6.07, 6.45) is 1.72. The van der Waals surface area contributed by atoms with Crippen LogP contribution in [0.15, 0.2) is 91.1 Å². The molecule has 1 aliphatic rings. The Morgan fingerprint density at radius 2 is 1.68 bits per heavy atom. The molecule has 0 spiro atoms. The first-order valence-corrected chi connectivity index (χ1v) is 11.1. The van der Waals surface area contributed by atoms with Gasteiger partial charge in [0.15, 0.2) is 5.72 Å². The normalized spacial score (nSPS) is 21.3. The van der Waals surface area contributed by atoms with Crippen LogP contribution in [0, 0.1) is 5.92 Å². The molecule has 0 bridgehead atoms. The number of nitrogens with zero attached hydrogens (tertiary/aromatic N) is 2. The number of aliphatic hydroxyl groups is 1. The van der Waals surface area contributed by atoms with Gasteiger partial charge >= 0.3 is 0 Å². The minimum absolute atomic E-state index is 0.320. The number of benzene rings is 3. The van der Waals surface area contributed by atoms with E-state index in [0.717, 1.165) is 16.7 Å². The lowest BCUT2D eigenvalue weighted by Gasteiger charge is -2.43. The Balaban J connectivity index is 1.57. The Bertz CT molecular complexity index is 1280. The topological polar surface area (TPSA) is 88.4 Å². The molecule has 1 aliphatic heterocycles. The first kappa shape index (κ1) is 21.7. The quantitative estimate of drug-likeness (QED) is 0.409. The van der Waals surface area contributed by atoms with Gasteiger partial charge in [-0.3, -0.25) is 4.79 Å². The summed E-state index contributed by atoms with van der Waals surface area (Å²) >= 11 is 0. The van der Waals surface area contributed by atoms with Gasteiger partial charge < -0.3 is 20.5 Å². The molecule has 3 N–H and O–H groups in total. The van der Waals surface area contributed by atoms with Crippen molar-refractivity contribution in [1.29, 1.82) is 0 Å². The first-order valence-electron chi connectivity index (χ1n) is 11.1. The number of hydrogen-bond donors (Lipinski definition) is 3. The second-order valence-corrected chi connectivity index (χ2v) is 8.51. The second-order valence-electron chi connectivity index (χ2n) is 8.51. The Hall–Kier alpha value is -4.10. The molecular formula is C27H26N4O3. The molecule has 5 rings (SSSR count). The monoisotopic (exact) mass is 454 g/mol. The number of methoxy groups -OCH3 is 1. The fraction of sp³-hybridized carbons (Fsp3) is 0.185. The van der Waals surface area contributed by atoms with Gasteiger partial charge in [-0.25, -0.2) is 4.68 Å². The number of anilines is 2. The van der Waals surface area contributed by atoms with E-state index in [-0.39, 0.29) is 5.91 Å². The van der Waals surface area contributed by atoms with Crippen molar-refractivity contribution in [3.63, 3.8) is 0 Å². The van der Waals surface area contributed by atoms with Crippen LogP contribution in [0.1, 0.15) is 18.5 Å². The maximum atomic E-state index is 13.6. The van der Waals surface area contributed by atoms with Gasteiger partial charge in [-0.15, -0.1) is 0 Å². The summed E-state index contributed by atoms with van der Waals surface area (Å²) in [5.74, 6) is 0.173. The number of rotatable bonds is 5. The van der Waals surface area contributed by atoms with Crippen LogP contribution in [0.4, 0.5) is 11.5 Å². The van der Waals surface area contributed by atoms with Crippen molar-refractivity contribution in [3.05, 3.63) is 96.7 Å². The highest BCUT2D eigenvalue weighted by molar-refractivity contribution is 5.94. The van der Waals surface area contributed by atoms with Crippen LogP contribution in [-0.4, -0.2) is 27.9 Å². The molecule has 172 valence electrons. The molecule has 0 saturated carbocycles. The Morgan fingerprint density at radius 3 is 2.32 bits per heavy atom. The van der Waals surface area contributed by atoms with Crippen molar-refractivity contribution >= 4 is 17.4 Å². The number of nitrogens with one attached hydrogen (secondary N) is 2. The van der Waals surface area contributed by atoms with Crippen LogP contribution < -0.4 is 15.4 Å². The fourth-order valence-corrected chi connectivity index (χ4v) is 4.57. The van der Waals surface area contributed by atoms with Gasteiger partial charge in [0.2, 0.25) is 5.91 Å². The molecule has 3 aromatic carbocycles. The minimum Gasteiger partial charge on any atom is -0.497 e. The van der Waals surface area contributed by atoms with E-state index >= 15 is 0 Å². The number of hydrogen-bond acceptors (Lipinski definition) is 5. The average molecular weight is 455 g/mol. The molecule has 0 fully saturated rings. The van der Waals surface area contributed by atoms with Gasteiger partial charge in [0.05, 0.1) is 19.3 Å². The largest absolute Gasteiger partial charge is 0.497 e. The number of carbonyl (C=O) groups excluding carboxylic acids is 1. The van der Waals surface area contributed by atoms with Crippen LogP contribution in [-0.2, 0) is 10.5 Å². The van der Waals surface area contributed by atoms with E-state index in [1.54, 1.807) is 44.5 Å². The Kier molecular flexibility index (Phi) is 5.55. The maximum Gasteiger partial charge on any atom is 0.234 e. The molecule has 0 saturated heterocycles. The number of aromatic nitrogens is 2. The standard InChI is InChI=1S/C27H26N4O3/c1-27(33)23(26(32)29-20-13-15-21(34-2)16-14-20)24(19-11-7-4-8-12-19)30-25-22(17-28-31(25)27)18-9-5-3-6-10-18/h3-17,23-24,30,33H,1-2H3,(H,29,32)/t23-,24+,27+/m0/s1. The summed E-state index contributed by atoms with van der Waals surface area (Å²) in [5, 5.41) is 22.7. The molecule has 7 nitrogen and oxygen atoms in total. The minimum atomic E-state index is -1.59. The van der Waals surface area contributed by atoms with Crippen molar-refractivity contribution in [1.82, 2.24) is 9.78 Å². The Morgan fingerprint density at radius 1 is 1.03 bits per heavy atom. The zero-order valence-corrected chi connectivity index (χ0v) is 19.0. The maximum absolute atomic E-state index is 13.6. The van der Waals surface area contributed by atoms with Crippen molar-refractivity contribution in [2.75, 3.05) is 17.7 Å². The molecule has 0 radical (unpaired) electrons. The van der Waals surface area contributed by atoms with E-state index in [2.05, 4.69) is 15.7 Å². The molecule has 4 aromatic rings. The van der Waals surface area contributed by atoms with Gasteiger partial charge in [-0.05, 0) is 42.3 Å². The third kappa shape index (κ3) is 3.80. The van der Waals surface area contributed by atoms with E-state index < -0.39 is 17.7 Å².